The van der Waals surface area contributed by atoms with Crippen molar-refractivity contribution in [3.63, 3.8) is 0 Å². The van der Waals surface area contributed by atoms with Crippen molar-refractivity contribution < 1.29 is 4.42 Å². The van der Waals surface area contributed by atoms with Crippen LogP contribution in [0.4, 0.5) is 0 Å². The second-order valence-electron chi connectivity index (χ2n) is 4.41. The van der Waals surface area contributed by atoms with E-state index in [1.54, 1.807) is 0 Å². The van der Waals surface area contributed by atoms with Crippen molar-refractivity contribution in [1.82, 2.24) is 4.98 Å². The van der Waals surface area contributed by atoms with Crippen LogP contribution in [0.5, 0.6) is 0 Å². The molecule has 3 rings (SSSR count). The molecule has 0 radical (unpaired) electrons. The second kappa shape index (κ2) is 5.03. The first-order chi connectivity index (χ1) is 9.24. The molecule has 1 atom stereocenters. The number of aromatic nitrogens is 1. The van der Waals surface area contributed by atoms with Gasteiger partial charge in [0.2, 0.25) is 0 Å². The van der Waals surface area contributed by atoms with Gasteiger partial charge in [0, 0.05) is 17.5 Å². The van der Waals surface area contributed by atoms with Crippen LogP contribution in [0.15, 0.2) is 52.9 Å². The van der Waals surface area contributed by atoms with E-state index in [0.29, 0.717) is 17.3 Å². The van der Waals surface area contributed by atoms with E-state index in [-0.39, 0.29) is 6.04 Å². The summed E-state index contributed by atoms with van der Waals surface area (Å²) in [6.07, 6.45) is 0.526. The van der Waals surface area contributed by atoms with Gasteiger partial charge in [-0.05, 0) is 23.8 Å². The highest BCUT2D eigenvalue weighted by Gasteiger charge is 2.14. The topological polar surface area (TPSA) is 52.0 Å². The number of hydrogen-bond donors (Lipinski definition) is 1. The van der Waals surface area contributed by atoms with Crippen molar-refractivity contribution in [2.45, 2.75) is 12.5 Å². The summed E-state index contributed by atoms with van der Waals surface area (Å²) in [6, 6.07) is 15.0. The van der Waals surface area contributed by atoms with E-state index in [4.69, 9.17) is 21.8 Å². The van der Waals surface area contributed by atoms with Gasteiger partial charge in [-0.2, -0.15) is 0 Å². The van der Waals surface area contributed by atoms with Crippen LogP contribution in [-0.2, 0) is 6.42 Å². The lowest BCUT2D eigenvalue weighted by Gasteiger charge is -2.11. The van der Waals surface area contributed by atoms with E-state index >= 15 is 0 Å². The predicted molar refractivity (Wildman–Crippen MR) is 76.1 cm³/mol. The van der Waals surface area contributed by atoms with E-state index < -0.39 is 0 Å². The van der Waals surface area contributed by atoms with Gasteiger partial charge < -0.3 is 10.2 Å². The van der Waals surface area contributed by atoms with Crippen LogP contribution in [0.3, 0.4) is 0 Å². The number of para-hydroxylation sites is 2. The molecule has 0 bridgehead atoms. The molecule has 0 aliphatic carbocycles. The van der Waals surface area contributed by atoms with Crippen LogP contribution in [0.1, 0.15) is 17.5 Å². The molecule has 4 heteroatoms. The third-order valence-corrected chi connectivity index (χ3v) is 3.38. The Morgan fingerprint density at radius 2 is 1.84 bits per heavy atom. The first-order valence-electron chi connectivity index (χ1n) is 6.08. The lowest BCUT2D eigenvalue weighted by atomic mass is 10.0. The Hall–Kier alpha value is -1.84. The van der Waals surface area contributed by atoms with Gasteiger partial charge in [0.05, 0.1) is 0 Å². The minimum absolute atomic E-state index is 0.221. The Kier molecular flexibility index (Phi) is 3.23. The van der Waals surface area contributed by atoms with Gasteiger partial charge in [-0.15, -0.1) is 0 Å². The molecule has 0 fully saturated rings. The molecule has 2 N–H and O–H groups in total. The quantitative estimate of drug-likeness (QED) is 0.790. The molecule has 0 saturated carbocycles. The van der Waals surface area contributed by atoms with Crippen LogP contribution in [0.2, 0.25) is 5.02 Å². The number of fused-ring (bicyclic) bond motifs is 1. The average molecular weight is 273 g/mol. The molecular weight excluding hydrogens is 260 g/mol. The van der Waals surface area contributed by atoms with E-state index in [1.807, 2.05) is 48.5 Å². The summed E-state index contributed by atoms with van der Waals surface area (Å²) in [7, 11) is 0. The Morgan fingerprint density at radius 3 is 2.63 bits per heavy atom. The van der Waals surface area contributed by atoms with Crippen molar-refractivity contribution in [2.75, 3.05) is 0 Å². The molecule has 0 aliphatic rings. The molecule has 0 spiro atoms. The monoisotopic (exact) mass is 272 g/mol. The van der Waals surface area contributed by atoms with Crippen molar-refractivity contribution in [3.8, 4) is 0 Å². The molecule has 2 aromatic carbocycles. The average Bonchev–Trinajstić information content (AvgIpc) is 2.81. The minimum atomic E-state index is -0.221. The van der Waals surface area contributed by atoms with Crippen LogP contribution >= 0.6 is 11.6 Å². The van der Waals surface area contributed by atoms with Crippen molar-refractivity contribution in [2.24, 2.45) is 5.73 Å². The molecule has 0 saturated heterocycles. The number of nitrogens with zero attached hydrogens (tertiary/aromatic N) is 1. The van der Waals surface area contributed by atoms with Crippen molar-refractivity contribution in [3.05, 3.63) is 65.0 Å². The fourth-order valence-electron chi connectivity index (χ4n) is 2.08. The van der Waals surface area contributed by atoms with Crippen molar-refractivity contribution >= 4 is 22.7 Å². The molecule has 3 aromatic rings. The highest BCUT2D eigenvalue weighted by molar-refractivity contribution is 6.31. The number of halogens is 1. The van der Waals surface area contributed by atoms with Gasteiger partial charge in [-0.1, -0.05) is 41.9 Å². The fourth-order valence-corrected chi connectivity index (χ4v) is 2.36. The maximum atomic E-state index is 6.17. The van der Waals surface area contributed by atoms with Gasteiger partial charge in [-0.25, -0.2) is 4.98 Å². The normalized spacial score (nSPS) is 12.7. The van der Waals surface area contributed by atoms with Crippen LogP contribution in [0, 0.1) is 0 Å². The largest absolute Gasteiger partial charge is 0.441 e. The molecule has 1 unspecified atom stereocenters. The molecular formula is C15H13ClN2O. The minimum Gasteiger partial charge on any atom is -0.441 e. The third kappa shape index (κ3) is 2.48. The number of nitrogens with two attached hydrogens (primary N) is 1. The molecule has 1 heterocycles. The lowest BCUT2D eigenvalue weighted by Crippen LogP contribution is -2.13. The summed E-state index contributed by atoms with van der Waals surface area (Å²) in [5.41, 5.74) is 8.71. The van der Waals surface area contributed by atoms with E-state index in [1.165, 1.54) is 0 Å². The maximum absolute atomic E-state index is 6.17. The summed E-state index contributed by atoms with van der Waals surface area (Å²) in [4.78, 5) is 4.42. The summed E-state index contributed by atoms with van der Waals surface area (Å²) in [5, 5.41) is 0.672. The van der Waals surface area contributed by atoms with E-state index in [0.717, 1.165) is 16.7 Å². The zero-order valence-corrected chi connectivity index (χ0v) is 11.0. The summed E-state index contributed by atoms with van der Waals surface area (Å²) in [6.45, 7) is 0. The van der Waals surface area contributed by atoms with E-state index in [2.05, 4.69) is 4.98 Å². The smallest absolute Gasteiger partial charge is 0.197 e. The summed E-state index contributed by atoms with van der Waals surface area (Å²) < 4.78 is 5.67. The fraction of sp³-hybridized carbons (Fsp3) is 0.133. The van der Waals surface area contributed by atoms with Gasteiger partial charge in [0.1, 0.15) is 5.52 Å². The van der Waals surface area contributed by atoms with Crippen molar-refractivity contribution in [1.29, 1.82) is 0 Å². The molecule has 19 heavy (non-hydrogen) atoms. The highest BCUT2D eigenvalue weighted by Crippen LogP contribution is 2.24. The van der Waals surface area contributed by atoms with Gasteiger partial charge >= 0.3 is 0 Å². The first-order valence-corrected chi connectivity index (χ1v) is 6.46. The van der Waals surface area contributed by atoms with Gasteiger partial charge in [0.15, 0.2) is 11.5 Å². The lowest BCUT2D eigenvalue weighted by molar-refractivity contribution is 0.502. The Morgan fingerprint density at radius 1 is 1.11 bits per heavy atom. The van der Waals surface area contributed by atoms with Gasteiger partial charge in [-0.3, -0.25) is 0 Å². The summed E-state index contributed by atoms with van der Waals surface area (Å²) in [5.74, 6) is 0.633. The number of rotatable bonds is 3. The maximum Gasteiger partial charge on any atom is 0.197 e. The first kappa shape index (κ1) is 12.2. The molecule has 96 valence electrons. The number of hydrogen-bond acceptors (Lipinski definition) is 3. The van der Waals surface area contributed by atoms with Crippen LogP contribution < -0.4 is 5.73 Å². The van der Waals surface area contributed by atoms with Gasteiger partial charge in [0.25, 0.3) is 0 Å². The Bertz CT molecular complexity index is 675. The molecule has 3 nitrogen and oxygen atoms in total. The summed E-state index contributed by atoms with van der Waals surface area (Å²) >= 11 is 6.13. The van der Waals surface area contributed by atoms with E-state index in [9.17, 15) is 0 Å². The standard InChI is InChI=1S/C15H13ClN2O/c16-11-6-2-1-5-10(11)12(17)9-15-18-13-7-3-4-8-14(13)19-15/h1-8,12H,9,17H2. The number of oxazole rings is 1. The van der Waals surface area contributed by atoms with Crippen LogP contribution in [-0.4, -0.2) is 4.98 Å². The SMILES string of the molecule is NC(Cc1nc2ccccc2o1)c1ccccc1Cl. The zero-order valence-electron chi connectivity index (χ0n) is 10.2. The number of benzene rings is 2. The Balaban J connectivity index is 1.86. The molecule has 0 amide bonds. The third-order valence-electron chi connectivity index (χ3n) is 3.04. The van der Waals surface area contributed by atoms with Crippen LogP contribution in [0.25, 0.3) is 11.1 Å². The second-order valence-corrected chi connectivity index (χ2v) is 4.81. The molecule has 0 aliphatic heterocycles. The highest BCUT2D eigenvalue weighted by atomic mass is 35.5. The zero-order chi connectivity index (χ0) is 13.2. The Labute approximate surface area is 116 Å². The molecule has 1 aromatic heterocycles. The predicted octanol–water partition coefficient (Wildman–Crippen LogP) is 3.72.